The first kappa shape index (κ1) is 17.3. The molecule has 0 aliphatic carbocycles. The SMILES string of the molecule is O=C(c1ncc(F)cc1F)N1CCCC[C@H]1CCc1ccc(O)cc1. The molecule has 4 nitrogen and oxygen atoms in total. The highest BCUT2D eigenvalue weighted by Crippen LogP contribution is 2.24. The van der Waals surface area contributed by atoms with Crippen LogP contribution in [0.15, 0.2) is 36.5 Å². The molecule has 132 valence electrons. The zero-order valence-electron chi connectivity index (χ0n) is 13.8. The van der Waals surface area contributed by atoms with E-state index < -0.39 is 17.5 Å². The number of halogens is 2. The molecule has 0 saturated carbocycles. The number of carbonyl (C=O) groups excluding carboxylic acids is 1. The summed E-state index contributed by atoms with van der Waals surface area (Å²) in [5, 5.41) is 9.34. The molecule has 0 spiro atoms. The summed E-state index contributed by atoms with van der Waals surface area (Å²) in [5.41, 5.74) is 0.750. The van der Waals surface area contributed by atoms with Gasteiger partial charge >= 0.3 is 0 Å². The zero-order valence-corrected chi connectivity index (χ0v) is 13.8. The van der Waals surface area contributed by atoms with E-state index in [9.17, 15) is 18.7 Å². The number of piperidine rings is 1. The summed E-state index contributed by atoms with van der Waals surface area (Å²) in [4.78, 5) is 18.0. The van der Waals surface area contributed by atoms with E-state index in [0.29, 0.717) is 12.6 Å². The number of phenolic OH excluding ortho intramolecular Hbond substituents is 1. The van der Waals surface area contributed by atoms with Crippen LogP contribution in [-0.4, -0.2) is 33.5 Å². The van der Waals surface area contributed by atoms with Gasteiger partial charge in [0.2, 0.25) is 0 Å². The van der Waals surface area contributed by atoms with Crippen LogP contribution in [0.2, 0.25) is 0 Å². The van der Waals surface area contributed by atoms with E-state index in [0.717, 1.165) is 43.9 Å². The molecule has 2 heterocycles. The molecule has 1 aromatic carbocycles. The Kier molecular flexibility index (Phi) is 5.26. The van der Waals surface area contributed by atoms with Gasteiger partial charge in [0.15, 0.2) is 11.5 Å². The fourth-order valence-corrected chi connectivity index (χ4v) is 3.27. The molecule has 1 atom stereocenters. The molecular formula is C19H20F2N2O2. The summed E-state index contributed by atoms with van der Waals surface area (Å²) >= 11 is 0. The van der Waals surface area contributed by atoms with Gasteiger partial charge in [-0.3, -0.25) is 4.79 Å². The number of carbonyl (C=O) groups is 1. The van der Waals surface area contributed by atoms with Gasteiger partial charge in [0.1, 0.15) is 11.6 Å². The number of phenols is 1. The number of aryl methyl sites for hydroxylation is 1. The minimum absolute atomic E-state index is 0.00121. The highest BCUT2D eigenvalue weighted by molar-refractivity contribution is 5.92. The first-order valence-electron chi connectivity index (χ1n) is 8.44. The quantitative estimate of drug-likeness (QED) is 0.918. The third-order valence-corrected chi connectivity index (χ3v) is 4.60. The number of likely N-dealkylation sites (tertiary alicyclic amines) is 1. The fraction of sp³-hybridized carbons (Fsp3) is 0.368. The van der Waals surface area contributed by atoms with Crippen molar-refractivity contribution < 1.29 is 18.7 Å². The predicted octanol–water partition coefficient (Wildman–Crippen LogP) is 3.69. The van der Waals surface area contributed by atoms with Crippen molar-refractivity contribution in [1.82, 2.24) is 9.88 Å². The second-order valence-electron chi connectivity index (χ2n) is 6.34. The third-order valence-electron chi connectivity index (χ3n) is 4.60. The van der Waals surface area contributed by atoms with Crippen molar-refractivity contribution in [2.75, 3.05) is 6.54 Å². The van der Waals surface area contributed by atoms with E-state index in [4.69, 9.17) is 0 Å². The number of benzene rings is 1. The van der Waals surface area contributed by atoms with Crippen molar-refractivity contribution in [3.05, 3.63) is 59.4 Å². The lowest BCUT2D eigenvalue weighted by Gasteiger charge is -2.35. The van der Waals surface area contributed by atoms with Gasteiger partial charge in [0, 0.05) is 18.7 Å². The molecule has 0 unspecified atom stereocenters. The number of hydrogen-bond donors (Lipinski definition) is 1. The number of rotatable bonds is 4. The minimum Gasteiger partial charge on any atom is -0.508 e. The van der Waals surface area contributed by atoms with Crippen LogP contribution in [0, 0.1) is 11.6 Å². The van der Waals surface area contributed by atoms with Gasteiger partial charge in [-0.25, -0.2) is 13.8 Å². The van der Waals surface area contributed by atoms with Crippen molar-refractivity contribution in [3.63, 3.8) is 0 Å². The lowest BCUT2D eigenvalue weighted by Crippen LogP contribution is -2.44. The standard InChI is InChI=1S/C19H20F2N2O2/c20-14-11-17(21)18(22-12-14)19(25)23-10-2-1-3-15(23)7-4-13-5-8-16(24)9-6-13/h5-6,8-9,11-12,15,24H,1-4,7,10H2/t15-/m0/s1. The predicted molar refractivity (Wildman–Crippen MR) is 89.3 cm³/mol. The number of pyridine rings is 1. The van der Waals surface area contributed by atoms with E-state index in [1.54, 1.807) is 17.0 Å². The van der Waals surface area contributed by atoms with Gasteiger partial charge in [-0.05, 0) is 49.8 Å². The number of aromatic hydroxyl groups is 1. The molecule has 2 aromatic rings. The van der Waals surface area contributed by atoms with Crippen molar-refractivity contribution in [2.45, 2.75) is 38.1 Å². The average Bonchev–Trinajstić information content (AvgIpc) is 2.61. The lowest BCUT2D eigenvalue weighted by molar-refractivity contribution is 0.0590. The van der Waals surface area contributed by atoms with Gasteiger partial charge in [-0.2, -0.15) is 0 Å². The molecule has 25 heavy (non-hydrogen) atoms. The van der Waals surface area contributed by atoms with Crippen LogP contribution < -0.4 is 0 Å². The Morgan fingerprint density at radius 3 is 2.72 bits per heavy atom. The van der Waals surface area contributed by atoms with Crippen LogP contribution in [0.4, 0.5) is 8.78 Å². The molecule has 1 saturated heterocycles. The second-order valence-corrected chi connectivity index (χ2v) is 6.34. The van der Waals surface area contributed by atoms with E-state index in [1.165, 1.54) is 0 Å². The maximum atomic E-state index is 13.9. The highest BCUT2D eigenvalue weighted by Gasteiger charge is 2.29. The van der Waals surface area contributed by atoms with E-state index >= 15 is 0 Å². The maximum Gasteiger partial charge on any atom is 0.275 e. The Bertz CT molecular complexity index is 750. The first-order chi connectivity index (χ1) is 12.0. The number of nitrogens with zero attached hydrogens (tertiary/aromatic N) is 2. The topological polar surface area (TPSA) is 53.4 Å². The average molecular weight is 346 g/mol. The summed E-state index contributed by atoms with van der Waals surface area (Å²) in [6.45, 7) is 0.553. The molecule has 3 rings (SSSR count). The third kappa shape index (κ3) is 4.13. The van der Waals surface area contributed by atoms with E-state index in [1.807, 2.05) is 12.1 Å². The monoisotopic (exact) mass is 346 g/mol. The summed E-state index contributed by atoms with van der Waals surface area (Å²) < 4.78 is 26.9. The molecule has 1 aliphatic heterocycles. The van der Waals surface area contributed by atoms with Crippen LogP contribution in [0.1, 0.15) is 41.7 Å². The Morgan fingerprint density at radius 1 is 1.24 bits per heavy atom. The zero-order chi connectivity index (χ0) is 17.8. The lowest BCUT2D eigenvalue weighted by atomic mass is 9.95. The number of hydrogen-bond acceptors (Lipinski definition) is 3. The number of amides is 1. The van der Waals surface area contributed by atoms with Crippen molar-refractivity contribution in [1.29, 1.82) is 0 Å². The van der Waals surface area contributed by atoms with Crippen molar-refractivity contribution in [3.8, 4) is 5.75 Å². The Hall–Kier alpha value is -2.50. The molecule has 1 fully saturated rings. The van der Waals surface area contributed by atoms with Crippen LogP contribution in [0.25, 0.3) is 0 Å². The summed E-state index contributed by atoms with van der Waals surface area (Å²) in [7, 11) is 0. The van der Waals surface area contributed by atoms with Gasteiger partial charge in [-0.1, -0.05) is 12.1 Å². The van der Waals surface area contributed by atoms with Crippen LogP contribution >= 0.6 is 0 Å². The van der Waals surface area contributed by atoms with Crippen LogP contribution in [0.5, 0.6) is 5.75 Å². The highest BCUT2D eigenvalue weighted by atomic mass is 19.1. The van der Waals surface area contributed by atoms with E-state index in [2.05, 4.69) is 4.98 Å². The Balaban J connectivity index is 1.71. The molecule has 1 aromatic heterocycles. The molecule has 1 aliphatic rings. The van der Waals surface area contributed by atoms with Crippen molar-refractivity contribution >= 4 is 5.91 Å². The first-order valence-corrected chi connectivity index (χ1v) is 8.44. The number of aromatic nitrogens is 1. The maximum absolute atomic E-state index is 13.9. The van der Waals surface area contributed by atoms with E-state index in [-0.39, 0.29) is 17.5 Å². The van der Waals surface area contributed by atoms with Gasteiger partial charge in [-0.15, -0.1) is 0 Å². The smallest absolute Gasteiger partial charge is 0.275 e. The normalized spacial score (nSPS) is 17.5. The Morgan fingerprint density at radius 2 is 2.00 bits per heavy atom. The second kappa shape index (κ2) is 7.59. The largest absolute Gasteiger partial charge is 0.508 e. The molecule has 6 heteroatoms. The van der Waals surface area contributed by atoms with Gasteiger partial charge in [0.25, 0.3) is 5.91 Å². The van der Waals surface area contributed by atoms with Crippen LogP contribution in [-0.2, 0) is 6.42 Å². The summed E-state index contributed by atoms with van der Waals surface area (Å²) in [6, 6.07) is 7.67. The Labute approximate surface area is 145 Å². The minimum atomic E-state index is -0.923. The summed E-state index contributed by atoms with van der Waals surface area (Å²) in [6.07, 6.45) is 5.11. The van der Waals surface area contributed by atoms with Gasteiger partial charge < -0.3 is 10.0 Å². The molecule has 0 radical (unpaired) electrons. The summed E-state index contributed by atoms with van der Waals surface area (Å²) in [5.74, 6) is -1.98. The molecule has 1 N–H and O–H groups in total. The van der Waals surface area contributed by atoms with Crippen LogP contribution in [0.3, 0.4) is 0 Å². The molecule has 1 amide bonds. The molecular weight excluding hydrogens is 326 g/mol. The fourth-order valence-electron chi connectivity index (χ4n) is 3.27. The molecule has 0 bridgehead atoms. The van der Waals surface area contributed by atoms with Gasteiger partial charge in [0.05, 0.1) is 6.20 Å². The van der Waals surface area contributed by atoms with Crippen molar-refractivity contribution in [2.24, 2.45) is 0 Å².